The molecule has 0 spiro atoms. The van der Waals surface area contributed by atoms with Crippen molar-refractivity contribution < 1.29 is 14.6 Å². The first-order valence-electron chi connectivity index (χ1n) is 5.33. The highest BCUT2D eigenvalue weighted by molar-refractivity contribution is 9.10. The maximum absolute atomic E-state index is 10.7. The molecule has 1 aromatic rings. The summed E-state index contributed by atoms with van der Waals surface area (Å²) in [5.74, 6) is -1.04. The van der Waals surface area contributed by atoms with E-state index in [9.17, 15) is 4.79 Å². The third-order valence-corrected chi connectivity index (χ3v) is 4.51. The number of aromatic carboxylic acids is 1. The molecule has 0 aromatic carbocycles. The van der Waals surface area contributed by atoms with Crippen LogP contribution in [-0.2, 0) is 11.5 Å². The molecule has 0 radical (unpaired) electrons. The molecule has 0 saturated heterocycles. The molecule has 0 amide bonds. The third-order valence-electron chi connectivity index (χ3n) is 2.17. The summed E-state index contributed by atoms with van der Waals surface area (Å²) < 4.78 is 7.61. The van der Waals surface area contributed by atoms with Crippen LogP contribution in [0.2, 0.25) is 25.7 Å². The molecule has 0 atom stereocenters. The Hall–Kier alpha value is -0.663. The Morgan fingerprint density at radius 2 is 2.24 bits per heavy atom. The fraction of sp³-hybridized carbons (Fsp3) is 0.600. The van der Waals surface area contributed by atoms with Gasteiger partial charge in [0.1, 0.15) is 6.73 Å². The van der Waals surface area contributed by atoms with Crippen LogP contribution in [0.4, 0.5) is 0 Å². The Balaban J connectivity index is 2.44. The molecular formula is C10H17BrN2O3Si. The Morgan fingerprint density at radius 1 is 1.59 bits per heavy atom. The molecule has 1 aromatic heterocycles. The van der Waals surface area contributed by atoms with E-state index in [4.69, 9.17) is 9.84 Å². The summed E-state index contributed by atoms with van der Waals surface area (Å²) in [4.78, 5) is 14.5. The zero-order valence-electron chi connectivity index (χ0n) is 10.2. The molecule has 0 aliphatic rings. The molecule has 96 valence electrons. The van der Waals surface area contributed by atoms with Crippen molar-refractivity contribution in [2.45, 2.75) is 32.4 Å². The van der Waals surface area contributed by atoms with Crippen LogP contribution in [0.3, 0.4) is 0 Å². The van der Waals surface area contributed by atoms with Gasteiger partial charge < -0.3 is 14.4 Å². The molecule has 0 aliphatic heterocycles. The van der Waals surface area contributed by atoms with Gasteiger partial charge in [0.25, 0.3) is 0 Å². The molecule has 17 heavy (non-hydrogen) atoms. The van der Waals surface area contributed by atoms with E-state index in [-0.39, 0.29) is 5.69 Å². The quantitative estimate of drug-likeness (QED) is 0.646. The first-order chi connectivity index (χ1) is 7.79. The normalized spacial score (nSPS) is 11.8. The van der Waals surface area contributed by atoms with Crippen LogP contribution in [0, 0.1) is 0 Å². The van der Waals surface area contributed by atoms with Gasteiger partial charge in [0.2, 0.25) is 0 Å². The van der Waals surface area contributed by atoms with E-state index >= 15 is 0 Å². The number of imidazole rings is 1. The summed E-state index contributed by atoms with van der Waals surface area (Å²) in [6, 6.07) is 1.09. The van der Waals surface area contributed by atoms with Gasteiger partial charge in [-0.25, -0.2) is 9.78 Å². The van der Waals surface area contributed by atoms with Gasteiger partial charge in [0.15, 0.2) is 10.4 Å². The summed E-state index contributed by atoms with van der Waals surface area (Å²) in [6.07, 6.45) is 1.46. The lowest BCUT2D eigenvalue weighted by molar-refractivity contribution is 0.0689. The number of carboxylic acid groups (broad SMARTS) is 1. The van der Waals surface area contributed by atoms with Crippen molar-refractivity contribution in [3.63, 3.8) is 0 Å². The van der Waals surface area contributed by atoms with E-state index in [1.807, 2.05) is 0 Å². The van der Waals surface area contributed by atoms with E-state index in [1.165, 1.54) is 6.20 Å². The summed E-state index contributed by atoms with van der Waals surface area (Å²) in [5, 5.41) is 8.77. The maximum Gasteiger partial charge on any atom is 0.356 e. The molecule has 0 fully saturated rings. The van der Waals surface area contributed by atoms with Crippen LogP contribution in [0.5, 0.6) is 0 Å². The van der Waals surface area contributed by atoms with Crippen molar-refractivity contribution in [3.05, 3.63) is 16.6 Å². The number of carboxylic acids is 1. The molecular weight excluding hydrogens is 304 g/mol. The molecule has 1 heterocycles. The van der Waals surface area contributed by atoms with Crippen molar-refractivity contribution >= 4 is 30.0 Å². The highest BCUT2D eigenvalue weighted by Gasteiger charge is 2.13. The number of ether oxygens (including phenoxy) is 1. The van der Waals surface area contributed by atoms with E-state index < -0.39 is 14.0 Å². The largest absolute Gasteiger partial charge is 0.476 e. The average molecular weight is 321 g/mol. The van der Waals surface area contributed by atoms with Crippen LogP contribution in [-0.4, -0.2) is 35.3 Å². The summed E-state index contributed by atoms with van der Waals surface area (Å²) in [6.45, 7) is 7.87. The minimum atomic E-state index is -1.08. The van der Waals surface area contributed by atoms with E-state index in [0.717, 1.165) is 6.04 Å². The van der Waals surface area contributed by atoms with Crippen LogP contribution in [0.15, 0.2) is 10.9 Å². The molecule has 0 unspecified atom stereocenters. The van der Waals surface area contributed by atoms with E-state index in [1.54, 1.807) is 4.57 Å². The summed E-state index contributed by atoms with van der Waals surface area (Å²) >= 11 is 3.19. The number of rotatable bonds is 6. The first kappa shape index (κ1) is 14.4. The molecule has 0 bridgehead atoms. The van der Waals surface area contributed by atoms with Crippen LogP contribution in [0.1, 0.15) is 10.5 Å². The van der Waals surface area contributed by atoms with Gasteiger partial charge in [-0.15, -0.1) is 0 Å². The molecule has 1 rings (SSSR count). The lowest BCUT2D eigenvalue weighted by Crippen LogP contribution is -2.22. The van der Waals surface area contributed by atoms with Crippen molar-refractivity contribution in [1.29, 1.82) is 0 Å². The van der Waals surface area contributed by atoms with Gasteiger partial charge in [-0.2, -0.15) is 0 Å². The Labute approximate surface area is 110 Å². The maximum atomic E-state index is 10.7. The number of halogens is 1. The second-order valence-electron chi connectivity index (χ2n) is 5.02. The van der Waals surface area contributed by atoms with Gasteiger partial charge in [0, 0.05) is 20.9 Å². The van der Waals surface area contributed by atoms with Gasteiger partial charge in [0.05, 0.1) is 0 Å². The van der Waals surface area contributed by atoms with Crippen molar-refractivity contribution in [3.8, 4) is 0 Å². The molecule has 5 nitrogen and oxygen atoms in total. The number of aromatic nitrogens is 2. The number of hydrogen-bond acceptors (Lipinski definition) is 3. The van der Waals surface area contributed by atoms with Crippen molar-refractivity contribution in [2.75, 3.05) is 6.61 Å². The Kier molecular flexibility index (Phi) is 4.90. The standard InChI is InChI=1S/C10H17BrN2O3Si/c1-17(2,3)5-4-16-7-13-6-8(9(14)15)12-10(13)11/h6H,4-5,7H2,1-3H3,(H,14,15). The molecule has 7 heteroatoms. The fourth-order valence-corrected chi connectivity index (χ4v) is 2.28. The van der Waals surface area contributed by atoms with Gasteiger partial charge in [-0.05, 0) is 22.0 Å². The summed E-state index contributed by atoms with van der Waals surface area (Å²) in [5.41, 5.74) is 0.0191. The van der Waals surface area contributed by atoms with Gasteiger partial charge >= 0.3 is 5.97 Å². The second-order valence-corrected chi connectivity index (χ2v) is 11.3. The summed E-state index contributed by atoms with van der Waals surface area (Å²) in [7, 11) is -1.08. The topological polar surface area (TPSA) is 64.3 Å². The van der Waals surface area contributed by atoms with E-state index in [2.05, 4.69) is 40.6 Å². The lowest BCUT2D eigenvalue weighted by atomic mass is 10.5. The van der Waals surface area contributed by atoms with Crippen molar-refractivity contribution in [1.82, 2.24) is 9.55 Å². The van der Waals surface area contributed by atoms with Crippen LogP contribution >= 0.6 is 15.9 Å². The Morgan fingerprint density at radius 3 is 2.71 bits per heavy atom. The third kappa shape index (κ3) is 5.01. The second kappa shape index (κ2) is 5.79. The fourth-order valence-electron chi connectivity index (χ4n) is 1.13. The first-order valence-corrected chi connectivity index (χ1v) is 9.83. The number of hydrogen-bond donors (Lipinski definition) is 1. The molecule has 1 N–H and O–H groups in total. The smallest absolute Gasteiger partial charge is 0.356 e. The minimum absolute atomic E-state index is 0.0191. The number of nitrogens with zero attached hydrogens (tertiary/aromatic N) is 2. The average Bonchev–Trinajstić information content (AvgIpc) is 2.54. The minimum Gasteiger partial charge on any atom is -0.476 e. The Bertz CT molecular complexity index is 401. The van der Waals surface area contributed by atoms with Crippen LogP contribution < -0.4 is 0 Å². The number of carbonyl (C=O) groups is 1. The molecule has 0 saturated carbocycles. The predicted molar refractivity (Wildman–Crippen MR) is 71.0 cm³/mol. The van der Waals surface area contributed by atoms with Gasteiger partial charge in [-0.3, -0.25) is 0 Å². The highest BCUT2D eigenvalue weighted by Crippen LogP contribution is 2.12. The van der Waals surface area contributed by atoms with Crippen LogP contribution in [0.25, 0.3) is 0 Å². The monoisotopic (exact) mass is 320 g/mol. The molecule has 0 aliphatic carbocycles. The van der Waals surface area contributed by atoms with E-state index in [0.29, 0.717) is 18.1 Å². The highest BCUT2D eigenvalue weighted by atomic mass is 79.9. The lowest BCUT2D eigenvalue weighted by Gasteiger charge is -2.15. The zero-order chi connectivity index (χ0) is 13.1. The SMILES string of the molecule is C[Si](C)(C)CCOCn1cc(C(=O)O)nc1Br. The predicted octanol–water partition coefficient (Wildman–Crippen LogP) is 2.66. The van der Waals surface area contributed by atoms with Crippen molar-refractivity contribution in [2.24, 2.45) is 0 Å². The van der Waals surface area contributed by atoms with Gasteiger partial charge in [-0.1, -0.05) is 19.6 Å². The zero-order valence-corrected chi connectivity index (χ0v) is 12.8.